The lowest BCUT2D eigenvalue weighted by Crippen LogP contribution is -2.42. The van der Waals surface area contributed by atoms with Crippen LogP contribution in [0.3, 0.4) is 0 Å². The summed E-state index contributed by atoms with van der Waals surface area (Å²) in [4.78, 5) is 0. The van der Waals surface area contributed by atoms with Crippen LogP contribution >= 0.6 is 0 Å². The second kappa shape index (κ2) is 5.58. The van der Waals surface area contributed by atoms with E-state index in [4.69, 9.17) is 0 Å². The molecule has 0 radical (unpaired) electrons. The highest BCUT2D eigenvalue weighted by Gasteiger charge is 2.20. The van der Waals surface area contributed by atoms with Gasteiger partial charge in [-0.2, -0.15) is 0 Å². The molecule has 1 fully saturated rings. The van der Waals surface area contributed by atoms with Crippen molar-refractivity contribution in [2.45, 2.75) is 46.0 Å². The van der Waals surface area contributed by atoms with Crippen LogP contribution in [0.25, 0.3) is 0 Å². The summed E-state index contributed by atoms with van der Waals surface area (Å²) in [5.74, 6) is 2.03. The monoisotopic (exact) mass is 169 g/mol. The van der Waals surface area contributed by atoms with Gasteiger partial charge in [-0.25, -0.2) is 0 Å². The molecule has 1 rings (SSSR count). The van der Waals surface area contributed by atoms with Crippen molar-refractivity contribution in [2.24, 2.45) is 11.8 Å². The van der Waals surface area contributed by atoms with Crippen molar-refractivity contribution in [3.8, 4) is 0 Å². The lowest BCUT2D eigenvalue weighted by atomic mass is 9.85. The van der Waals surface area contributed by atoms with Crippen molar-refractivity contribution in [1.29, 1.82) is 0 Å². The van der Waals surface area contributed by atoms with Gasteiger partial charge in [0.1, 0.15) is 0 Å². The third kappa shape index (κ3) is 3.14. The zero-order valence-corrected chi connectivity index (χ0v) is 8.60. The molecule has 1 nitrogen and oxygen atoms in total. The SMILES string of the molecule is CCCC(CCC)CC1CNC1. The Kier molecular flexibility index (Phi) is 4.67. The molecule has 1 heterocycles. The minimum Gasteiger partial charge on any atom is -0.316 e. The van der Waals surface area contributed by atoms with Crippen LogP contribution in [0.1, 0.15) is 46.0 Å². The molecule has 0 aromatic heterocycles. The van der Waals surface area contributed by atoms with E-state index in [9.17, 15) is 0 Å². The van der Waals surface area contributed by atoms with E-state index in [2.05, 4.69) is 19.2 Å². The molecule has 1 saturated heterocycles. The second-order valence-corrected chi connectivity index (χ2v) is 4.20. The summed E-state index contributed by atoms with van der Waals surface area (Å²) >= 11 is 0. The van der Waals surface area contributed by atoms with E-state index in [1.165, 1.54) is 45.2 Å². The summed E-state index contributed by atoms with van der Waals surface area (Å²) in [5, 5.41) is 3.35. The van der Waals surface area contributed by atoms with Crippen LogP contribution in [0.15, 0.2) is 0 Å². The summed E-state index contributed by atoms with van der Waals surface area (Å²) in [6, 6.07) is 0. The summed E-state index contributed by atoms with van der Waals surface area (Å²) in [6.07, 6.45) is 7.11. The fraction of sp³-hybridized carbons (Fsp3) is 1.00. The molecule has 0 saturated carbocycles. The van der Waals surface area contributed by atoms with Gasteiger partial charge in [-0.3, -0.25) is 0 Å². The minimum atomic E-state index is 1.01. The van der Waals surface area contributed by atoms with Crippen LogP contribution in [0.2, 0.25) is 0 Å². The Morgan fingerprint density at radius 3 is 2.08 bits per heavy atom. The topological polar surface area (TPSA) is 12.0 Å². The molecular weight excluding hydrogens is 146 g/mol. The maximum Gasteiger partial charge on any atom is -0.000815 e. The average molecular weight is 169 g/mol. The standard InChI is InChI=1S/C11H23N/c1-3-5-10(6-4-2)7-11-8-12-9-11/h10-12H,3-9H2,1-2H3. The normalized spacial score (nSPS) is 18.2. The van der Waals surface area contributed by atoms with Gasteiger partial charge in [0.25, 0.3) is 0 Å². The highest BCUT2D eigenvalue weighted by Crippen LogP contribution is 2.24. The van der Waals surface area contributed by atoms with E-state index in [-0.39, 0.29) is 0 Å². The van der Waals surface area contributed by atoms with Crippen molar-refractivity contribution in [3.63, 3.8) is 0 Å². The Labute approximate surface area is 76.9 Å². The maximum atomic E-state index is 3.35. The predicted molar refractivity (Wildman–Crippen MR) is 54.3 cm³/mol. The third-order valence-electron chi connectivity index (χ3n) is 2.93. The zero-order valence-electron chi connectivity index (χ0n) is 8.60. The first-order chi connectivity index (χ1) is 5.86. The maximum absolute atomic E-state index is 3.35. The van der Waals surface area contributed by atoms with Crippen LogP contribution in [-0.4, -0.2) is 13.1 Å². The Morgan fingerprint density at radius 2 is 1.75 bits per heavy atom. The van der Waals surface area contributed by atoms with Crippen LogP contribution < -0.4 is 5.32 Å². The van der Waals surface area contributed by atoms with Gasteiger partial charge in [0.15, 0.2) is 0 Å². The number of hydrogen-bond donors (Lipinski definition) is 1. The van der Waals surface area contributed by atoms with E-state index < -0.39 is 0 Å². The van der Waals surface area contributed by atoms with Crippen molar-refractivity contribution >= 4 is 0 Å². The fourth-order valence-corrected chi connectivity index (χ4v) is 2.18. The highest BCUT2D eigenvalue weighted by molar-refractivity contribution is 4.77. The molecule has 1 N–H and O–H groups in total. The lowest BCUT2D eigenvalue weighted by Gasteiger charge is -2.30. The van der Waals surface area contributed by atoms with Gasteiger partial charge < -0.3 is 5.32 Å². The van der Waals surface area contributed by atoms with E-state index in [0.717, 1.165) is 11.8 Å². The summed E-state index contributed by atoms with van der Waals surface area (Å²) in [7, 11) is 0. The summed E-state index contributed by atoms with van der Waals surface area (Å²) in [5.41, 5.74) is 0. The van der Waals surface area contributed by atoms with E-state index in [1.807, 2.05) is 0 Å². The van der Waals surface area contributed by atoms with Gasteiger partial charge in [-0.05, 0) is 31.3 Å². The molecule has 1 aliphatic heterocycles. The van der Waals surface area contributed by atoms with Gasteiger partial charge in [0.2, 0.25) is 0 Å². The molecule has 0 atom stereocenters. The largest absolute Gasteiger partial charge is 0.316 e. The van der Waals surface area contributed by atoms with Gasteiger partial charge in [-0.1, -0.05) is 39.5 Å². The van der Waals surface area contributed by atoms with Crippen LogP contribution in [0.5, 0.6) is 0 Å². The van der Waals surface area contributed by atoms with Crippen molar-refractivity contribution < 1.29 is 0 Å². The summed E-state index contributed by atoms with van der Waals surface area (Å²) < 4.78 is 0. The molecule has 0 unspecified atom stereocenters. The summed E-state index contributed by atoms with van der Waals surface area (Å²) in [6.45, 7) is 7.18. The Bertz CT molecular complexity index is 102. The smallest absolute Gasteiger partial charge is 0.000815 e. The predicted octanol–water partition coefficient (Wildman–Crippen LogP) is 2.81. The van der Waals surface area contributed by atoms with E-state index in [1.54, 1.807) is 0 Å². The number of nitrogens with one attached hydrogen (secondary N) is 1. The average Bonchev–Trinajstić information content (AvgIpc) is 1.97. The van der Waals surface area contributed by atoms with Crippen molar-refractivity contribution in [3.05, 3.63) is 0 Å². The first kappa shape index (κ1) is 10.0. The molecule has 72 valence electrons. The Hall–Kier alpha value is -0.0400. The lowest BCUT2D eigenvalue weighted by molar-refractivity contribution is 0.256. The fourth-order valence-electron chi connectivity index (χ4n) is 2.18. The van der Waals surface area contributed by atoms with Crippen molar-refractivity contribution in [1.82, 2.24) is 5.32 Å². The first-order valence-electron chi connectivity index (χ1n) is 5.57. The van der Waals surface area contributed by atoms with Gasteiger partial charge in [0.05, 0.1) is 0 Å². The van der Waals surface area contributed by atoms with Gasteiger partial charge >= 0.3 is 0 Å². The van der Waals surface area contributed by atoms with Crippen LogP contribution in [0.4, 0.5) is 0 Å². The first-order valence-corrected chi connectivity index (χ1v) is 5.57. The van der Waals surface area contributed by atoms with Gasteiger partial charge in [0, 0.05) is 0 Å². The van der Waals surface area contributed by atoms with Crippen molar-refractivity contribution in [2.75, 3.05) is 13.1 Å². The van der Waals surface area contributed by atoms with E-state index in [0.29, 0.717) is 0 Å². The molecule has 1 heteroatoms. The van der Waals surface area contributed by atoms with E-state index >= 15 is 0 Å². The quantitative estimate of drug-likeness (QED) is 0.644. The van der Waals surface area contributed by atoms with Crippen LogP contribution in [0, 0.1) is 11.8 Å². The zero-order chi connectivity index (χ0) is 8.81. The molecule has 1 aliphatic rings. The van der Waals surface area contributed by atoms with Gasteiger partial charge in [-0.15, -0.1) is 0 Å². The van der Waals surface area contributed by atoms with Crippen LogP contribution in [-0.2, 0) is 0 Å². The molecule has 12 heavy (non-hydrogen) atoms. The Balaban J connectivity index is 2.11. The second-order valence-electron chi connectivity index (χ2n) is 4.20. The molecule has 0 amide bonds. The number of hydrogen-bond acceptors (Lipinski definition) is 1. The number of rotatable bonds is 6. The molecule has 0 aromatic rings. The minimum absolute atomic E-state index is 1.01. The molecule has 0 spiro atoms. The highest BCUT2D eigenvalue weighted by atomic mass is 14.9. The molecule has 0 aliphatic carbocycles. The molecule has 0 aromatic carbocycles. The Morgan fingerprint density at radius 1 is 1.17 bits per heavy atom. The molecular formula is C11H23N. The third-order valence-corrected chi connectivity index (χ3v) is 2.93. The molecule has 0 bridgehead atoms.